The summed E-state index contributed by atoms with van der Waals surface area (Å²) in [5.74, 6) is -2.19. The molecule has 0 bridgehead atoms. The van der Waals surface area contributed by atoms with Gasteiger partial charge < -0.3 is 5.21 Å². The number of aryl methyl sites for hydroxylation is 2. The molecule has 0 saturated carbocycles. The Morgan fingerprint density at radius 3 is 1.53 bits per heavy atom. The first-order valence-corrected chi connectivity index (χ1v) is 9.62. The molecule has 2 fully saturated rings. The van der Waals surface area contributed by atoms with Crippen molar-refractivity contribution < 1.29 is 24.4 Å². The summed E-state index contributed by atoms with van der Waals surface area (Å²) >= 11 is 0. The van der Waals surface area contributed by atoms with E-state index in [-0.39, 0.29) is 12.8 Å². The molecule has 0 spiro atoms. The number of hydrogen-bond donors (Lipinski definition) is 1. The fraction of sp³-hybridized carbons (Fsp3) is 0.273. The lowest BCUT2D eigenvalue weighted by molar-refractivity contribution is -0.172. The third-order valence-electron chi connectivity index (χ3n) is 5.40. The van der Waals surface area contributed by atoms with Crippen molar-refractivity contribution in [3.05, 3.63) is 59.7 Å². The molecule has 2 heterocycles. The fourth-order valence-corrected chi connectivity index (χ4v) is 3.94. The van der Waals surface area contributed by atoms with Gasteiger partial charge in [-0.05, 0) is 49.2 Å². The summed E-state index contributed by atoms with van der Waals surface area (Å²) in [4.78, 5) is 52.8. The largest absolute Gasteiger partial charge is 0.312 e. The lowest BCUT2D eigenvalue weighted by Crippen LogP contribution is -2.49. The number of hydroxylamine groups is 2. The van der Waals surface area contributed by atoms with E-state index in [0.29, 0.717) is 16.4 Å². The standard InChI is InChI=1S/C22H21N3O5/c1-13-5-3-7-15(9-13)23-19(26)11-17(21(23)28)25(30)18-12-20(27)24(22(18)29)16-8-4-6-14(2)10-16/h3-10,17-18,30H,11-12H2,1-2H3. The summed E-state index contributed by atoms with van der Waals surface area (Å²) in [7, 11) is 0. The summed E-state index contributed by atoms with van der Waals surface area (Å²) in [6.45, 7) is 3.68. The van der Waals surface area contributed by atoms with Crippen molar-refractivity contribution >= 4 is 35.0 Å². The number of hydrogen-bond acceptors (Lipinski definition) is 6. The fourth-order valence-electron chi connectivity index (χ4n) is 3.94. The molecule has 8 nitrogen and oxygen atoms in total. The highest BCUT2D eigenvalue weighted by Crippen LogP contribution is 2.31. The molecule has 154 valence electrons. The van der Waals surface area contributed by atoms with Crippen LogP contribution in [0.3, 0.4) is 0 Å². The maximum atomic E-state index is 12.9. The maximum Gasteiger partial charge on any atom is 0.254 e. The van der Waals surface area contributed by atoms with Gasteiger partial charge in [0.15, 0.2) is 0 Å². The molecule has 0 radical (unpaired) electrons. The van der Waals surface area contributed by atoms with E-state index in [1.54, 1.807) is 36.4 Å². The third-order valence-corrected chi connectivity index (χ3v) is 5.40. The molecule has 2 saturated heterocycles. The number of carbonyl (C=O) groups excluding carboxylic acids is 4. The van der Waals surface area contributed by atoms with E-state index in [9.17, 15) is 24.4 Å². The Bertz CT molecular complexity index is 983. The Labute approximate surface area is 173 Å². The van der Waals surface area contributed by atoms with E-state index in [2.05, 4.69) is 0 Å². The number of nitrogens with zero attached hydrogens (tertiary/aromatic N) is 3. The van der Waals surface area contributed by atoms with Gasteiger partial charge in [-0.2, -0.15) is 5.06 Å². The second kappa shape index (κ2) is 7.47. The molecule has 2 atom stereocenters. The van der Waals surface area contributed by atoms with Gasteiger partial charge in [-0.1, -0.05) is 24.3 Å². The lowest BCUT2D eigenvalue weighted by atomic mass is 10.1. The van der Waals surface area contributed by atoms with Gasteiger partial charge in [0.2, 0.25) is 11.8 Å². The molecule has 8 heteroatoms. The van der Waals surface area contributed by atoms with Crippen molar-refractivity contribution in [2.45, 2.75) is 38.8 Å². The highest BCUT2D eigenvalue weighted by Gasteiger charge is 2.50. The molecule has 2 aliphatic heterocycles. The van der Waals surface area contributed by atoms with Crippen molar-refractivity contribution in [3.63, 3.8) is 0 Å². The van der Waals surface area contributed by atoms with Gasteiger partial charge >= 0.3 is 0 Å². The van der Waals surface area contributed by atoms with E-state index in [1.165, 1.54) is 0 Å². The zero-order valence-corrected chi connectivity index (χ0v) is 16.6. The molecule has 2 aliphatic rings. The number of benzene rings is 2. The summed E-state index contributed by atoms with van der Waals surface area (Å²) in [6.07, 6.45) is -0.544. The third kappa shape index (κ3) is 3.30. The molecular weight excluding hydrogens is 386 g/mol. The molecular formula is C22H21N3O5. The van der Waals surface area contributed by atoms with Crippen molar-refractivity contribution in [3.8, 4) is 0 Å². The van der Waals surface area contributed by atoms with Crippen LogP contribution < -0.4 is 9.80 Å². The predicted octanol–water partition coefficient (Wildman–Crippen LogP) is 1.96. The molecule has 2 aromatic rings. The summed E-state index contributed by atoms with van der Waals surface area (Å²) < 4.78 is 0. The first-order valence-electron chi connectivity index (χ1n) is 9.62. The SMILES string of the molecule is Cc1cccc(N2C(=O)CC(N(O)C3CC(=O)N(c4cccc(C)c4)C3=O)C2=O)c1. The van der Waals surface area contributed by atoms with Gasteiger partial charge in [0, 0.05) is 0 Å². The molecule has 1 N–H and O–H groups in total. The van der Waals surface area contributed by atoms with Crippen molar-refractivity contribution in [2.24, 2.45) is 0 Å². The van der Waals surface area contributed by atoms with Crippen LogP contribution in [0.1, 0.15) is 24.0 Å². The van der Waals surface area contributed by atoms with E-state index < -0.39 is 35.7 Å². The van der Waals surface area contributed by atoms with Crippen LogP contribution in [0.4, 0.5) is 11.4 Å². The van der Waals surface area contributed by atoms with Crippen molar-refractivity contribution in [1.29, 1.82) is 0 Å². The van der Waals surface area contributed by atoms with Gasteiger partial charge in [-0.3, -0.25) is 19.2 Å². The quantitative estimate of drug-likeness (QED) is 0.615. The zero-order valence-electron chi connectivity index (χ0n) is 16.6. The summed E-state index contributed by atoms with van der Waals surface area (Å²) in [5.41, 5.74) is 2.58. The lowest BCUT2D eigenvalue weighted by Gasteiger charge is -2.25. The normalized spacial score (nSPS) is 22.0. The first kappa shape index (κ1) is 19.9. The average molecular weight is 407 g/mol. The second-order valence-corrected chi connectivity index (χ2v) is 7.63. The molecule has 0 aliphatic carbocycles. The van der Waals surface area contributed by atoms with Gasteiger partial charge in [-0.15, -0.1) is 0 Å². The Morgan fingerprint density at radius 2 is 1.17 bits per heavy atom. The Kier molecular flexibility index (Phi) is 4.97. The van der Waals surface area contributed by atoms with Gasteiger partial charge in [0.1, 0.15) is 12.1 Å². The van der Waals surface area contributed by atoms with Crippen LogP contribution in [0.15, 0.2) is 48.5 Å². The van der Waals surface area contributed by atoms with Gasteiger partial charge in [0.05, 0.1) is 24.2 Å². The number of imide groups is 2. The van der Waals surface area contributed by atoms with Crippen LogP contribution in [0.5, 0.6) is 0 Å². The van der Waals surface area contributed by atoms with E-state index in [4.69, 9.17) is 0 Å². The minimum atomic E-state index is -1.22. The predicted molar refractivity (Wildman–Crippen MR) is 108 cm³/mol. The van der Waals surface area contributed by atoms with Crippen LogP contribution in [-0.4, -0.2) is 46.0 Å². The van der Waals surface area contributed by atoms with Gasteiger partial charge in [0.25, 0.3) is 11.8 Å². The Morgan fingerprint density at radius 1 is 0.767 bits per heavy atom. The maximum absolute atomic E-state index is 12.9. The highest BCUT2D eigenvalue weighted by molar-refractivity contribution is 6.24. The molecule has 30 heavy (non-hydrogen) atoms. The Balaban J connectivity index is 1.57. The molecule has 4 rings (SSSR count). The molecule has 4 amide bonds. The van der Waals surface area contributed by atoms with Crippen LogP contribution in [-0.2, 0) is 19.2 Å². The number of carbonyl (C=O) groups is 4. The summed E-state index contributed by atoms with van der Waals surface area (Å²) in [5, 5.41) is 11.3. The minimum absolute atomic E-state index is 0.272. The van der Waals surface area contributed by atoms with Crippen LogP contribution in [0.25, 0.3) is 0 Å². The van der Waals surface area contributed by atoms with E-state index >= 15 is 0 Å². The van der Waals surface area contributed by atoms with Crippen molar-refractivity contribution in [1.82, 2.24) is 5.06 Å². The van der Waals surface area contributed by atoms with Crippen molar-refractivity contribution in [2.75, 3.05) is 9.80 Å². The summed E-state index contributed by atoms with van der Waals surface area (Å²) in [6, 6.07) is 11.4. The number of amides is 4. The molecule has 2 unspecified atom stereocenters. The first-order chi connectivity index (χ1) is 14.3. The second-order valence-electron chi connectivity index (χ2n) is 7.63. The smallest absolute Gasteiger partial charge is 0.254 e. The average Bonchev–Trinajstić information content (AvgIpc) is 3.16. The number of anilines is 2. The zero-order chi connectivity index (χ0) is 21.6. The number of rotatable bonds is 4. The van der Waals surface area contributed by atoms with Gasteiger partial charge in [-0.25, -0.2) is 9.80 Å². The van der Waals surface area contributed by atoms with E-state index in [1.807, 2.05) is 26.0 Å². The topological polar surface area (TPSA) is 98.2 Å². The molecule has 0 aromatic heterocycles. The van der Waals surface area contributed by atoms with Crippen LogP contribution >= 0.6 is 0 Å². The van der Waals surface area contributed by atoms with E-state index in [0.717, 1.165) is 20.9 Å². The highest BCUT2D eigenvalue weighted by atomic mass is 16.5. The monoisotopic (exact) mass is 407 g/mol. The van der Waals surface area contributed by atoms with Crippen LogP contribution in [0, 0.1) is 13.8 Å². The van der Waals surface area contributed by atoms with Crippen LogP contribution in [0.2, 0.25) is 0 Å². The Hall–Kier alpha value is -3.36. The molecule has 2 aromatic carbocycles. The minimum Gasteiger partial charge on any atom is -0.312 e.